The number of hydrogen-bond donors (Lipinski definition) is 2. The second-order valence-electron chi connectivity index (χ2n) is 2.75. The highest BCUT2D eigenvalue weighted by Gasteiger charge is 2.22. The van der Waals surface area contributed by atoms with E-state index in [0.29, 0.717) is 0 Å². The molecule has 0 saturated carbocycles. The zero-order chi connectivity index (χ0) is 10.7. The van der Waals surface area contributed by atoms with Crippen LogP contribution in [0.5, 0.6) is 0 Å². The summed E-state index contributed by atoms with van der Waals surface area (Å²) in [7, 11) is 0. The fourth-order valence-electron chi connectivity index (χ4n) is 1.12. The first kappa shape index (κ1) is 13.8. The average molecular weight is 238 g/mol. The van der Waals surface area contributed by atoms with Crippen LogP contribution in [-0.4, -0.2) is 17.5 Å². The van der Waals surface area contributed by atoms with E-state index in [-0.39, 0.29) is 23.5 Å². The molecule has 84 valence electrons. The summed E-state index contributed by atoms with van der Waals surface area (Å²) in [6, 6.07) is 3.93. The number of carbonyl (C=O) groups is 1. The lowest BCUT2D eigenvalue weighted by Gasteiger charge is -2.12. The topological polar surface area (TPSA) is 63.3 Å². The molecule has 15 heavy (non-hydrogen) atoms. The minimum atomic E-state index is -2.77. The van der Waals surface area contributed by atoms with E-state index in [1.165, 1.54) is 24.3 Å². The number of alkyl halides is 2. The fourth-order valence-corrected chi connectivity index (χ4v) is 1.12. The van der Waals surface area contributed by atoms with Crippen molar-refractivity contribution >= 4 is 18.4 Å². The molecule has 3 nitrogen and oxygen atoms in total. The lowest BCUT2D eigenvalue weighted by Crippen LogP contribution is -2.21. The molecule has 0 unspecified atom stereocenters. The Balaban J connectivity index is 0.00000196. The summed E-state index contributed by atoms with van der Waals surface area (Å²) in [4.78, 5) is 10.6. The molecule has 0 heterocycles. The van der Waals surface area contributed by atoms with Gasteiger partial charge in [-0.3, -0.25) is 0 Å². The molecule has 6 heteroatoms. The first-order valence-electron chi connectivity index (χ1n) is 3.90. The van der Waals surface area contributed by atoms with Crippen LogP contribution < -0.4 is 5.73 Å². The van der Waals surface area contributed by atoms with Crippen molar-refractivity contribution in [2.75, 3.05) is 0 Å². The van der Waals surface area contributed by atoms with E-state index < -0.39 is 18.4 Å². The normalized spacial score (nSPS) is 12.0. The largest absolute Gasteiger partial charge is 0.478 e. The Morgan fingerprint density at radius 2 is 1.87 bits per heavy atom. The Labute approximate surface area is 91.3 Å². The van der Waals surface area contributed by atoms with Crippen LogP contribution in [0.25, 0.3) is 0 Å². The van der Waals surface area contributed by atoms with E-state index >= 15 is 0 Å². The van der Waals surface area contributed by atoms with Gasteiger partial charge in [0.2, 0.25) is 0 Å². The van der Waals surface area contributed by atoms with Gasteiger partial charge in [-0.15, -0.1) is 12.4 Å². The van der Waals surface area contributed by atoms with Crippen molar-refractivity contribution in [2.45, 2.75) is 12.5 Å². The van der Waals surface area contributed by atoms with Crippen LogP contribution in [0.4, 0.5) is 8.78 Å². The molecule has 0 radical (unpaired) electrons. The van der Waals surface area contributed by atoms with Crippen molar-refractivity contribution in [3.63, 3.8) is 0 Å². The standard InChI is InChI=1S/C9H9F2NO2.ClH/c10-8(11)7(12)5-3-1-2-4-6(5)9(13)14;/h1-4,7-8H,12H2,(H,13,14);1H/t7-;/m1./s1. The average Bonchev–Trinajstić information content (AvgIpc) is 2.16. The molecular formula is C9H10ClF2NO2. The van der Waals surface area contributed by atoms with E-state index in [0.717, 1.165) is 0 Å². The maximum absolute atomic E-state index is 12.2. The molecule has 1 atom stereocenters. The van der Waals surface area contributed by atoms with Gasteiger partial charge in [0.25, 0.3) is 6.43 Å². The summed E-state index contributed by atoms with van der Waals surface area (Å²) >= 11 is 0. The van der Waals surface area contributed by atoms with Crippen LogP contribution in [0.1, 0.15) is 22.0 Å². The quantitative estimate of drug-likeness (QED) is 0.846. The monoisotopic (exact) mass is 237 g/mol. The summed E-state index contributed by atoms with van der Waals surface area (Å²) in [5.41, 5.74) is 4.94. The van der Waals surface area contributed by atoms with Gasteiger partial charge < -0.3 is 10.8 Å². The second kappa shape index (κ2) is 5.63. The van der Waals surface area contributed by atoms with Crippen LogP contribution >= 0.6 is 12.4 Å². The summed E-state index contributed by atoms with van der Waals surface area (Å²) in [5.74, 6) is -1.25. The highest BCUT2D eigenvalue weighted by molar-refractivity contribution is 5.89. The lowest BCUT2D eigenvalue weighted by atomic mass is 10.0. The van der Waals surface area contributed by atoms with Gasteiger partial charge in [0.15, 0.2) is 0 Å². The van der Waals surface area contributed by atoms with Gasteiger partial charge in [0, 0.05) is 0 Å². The minimum absolute atomic E-state index is 0. The zero-order valence-corrected chi connectivity index (χ0v) is 8.38. The Morgan fingerprint density at radius 1 is 1.33 bits per heavy atom. The number of nitrogens with two attached hydrogens (primary N) is 1. The van der Waals surface area contributed by atoms with Crippen molar-refractivity contribution < 1.29 is 18.7 Å². The van der Waals surface area contributed by atoms with E-state index in [2.05, 4.69) is 0 Å². The zero-order valence-electron chi connectivity index (χ0n) is 7.56. The molecule has 0 fully saturated rings. The molecule has 3 N–H and O–H groups in total. The smallest absolute Gasteiger partial charge is 0.336 e. The van der Waals surface area contributed by atoms with E-state index in [1.807, 2.05) is 0 Å². The molecule has 1 aromatic carbocycles. The van der Waals surface area contributed by atoms with Crippen molar-refractivity contribution in [2.24, 2.45) is 5.73 Å². The Bertz CT molecular complexity index is 347. The minimum Gasteiger partial charge on any atom is -0.478 e. The number of hydrogen-bond acceptors (Lipinski definition) is 2. The molecule has 0 saturated heterocycles. The third kappa shape index (κ3) is 3.14. The molecule has 0 aliphatic heterocycles. The number of carboxylic acid groups (broad SMARTS) is 1. The third-order valence-corrected chi connectivity index (χ3v) is 1.82. The molecule has 0 bridgehead atoms. The predicted octanol–water partition coefficient (Wildman–Crippen LogP) is 2.07. The van der Waals surface area contributed by atoms with Gasteiger partial charge in [-0.2, -0.15) is 0 Å². The summed E-state index contributed by atoms with van der Waals surface area (Å²) < 4.78 is 24.5. The van der Waals surface area contributed by atoms with Gasteiger partial charge in [0.05, 0.1) is 11.6 Å². The molecular weight excluding hydrogens is 228 g/mol. The number of halogens is 3. The van der Waals surface area contributed by atoms with Crippen LogP contribution in [0.15, 0.2) is 24.3 Å². The number of carboxylic acids is 1. The van der Waals surface area contributed by atoms with E-state index in [1.54, 1.807) is 0 Å². The van der Waals surface area contributed by atoms with Crippen LogP contribution in [0.3, 0.4) is 0 Å². The van der Waals surface area contributed by atoms with E-state index in [9.17, 15) is 13.6 Å². The molecule has 0 aromatic heterocycles. The third-order valence-electron chi connectivity index (χ3n) is 1.82. The number of benzene rings is 1. The van der Waals surface area contributed by atoms with Crippen LogP contribution in [0, 0.1) is 0 Å². The van der Waals surface area contributed by atoms with Gasteiger partial charge in [-0.1, -0.05) is 18.2 Å². The van der Waals surface area contributed by atoms with Crippen molar-refractivity contribution in [3.8, 4) is 0 Å². The number of rotatable bonds is 3. The SMILES string of the molecule is Cl.N[C@H](c1ccccc1C(=O)O)C(F)F. The van der Waals surface area contributed by atoms with Crippen molar-refractivity contribution in [1.29, 1.82) is 0 Å². The lowest BCUT2D eigenvalue weighted by molar-refractivity contribution is 0.0691. The Morgan fingerprint density at radius 3 is 2.33 bits per heavy atom. The van der Waals surface area contributed by atoms with Gasteiger partial charge in [0.1, 0.15) is 0 Å². The van der Waals surface area contributed by atoms with Crippen LogP contribution in [-0.2, 0) is 0 Å². The molecule has 1 aromatic rings. The summed E-state index contributed by atoms with van der Waals surface area (Å²) in [5, 5.41) is 8.70. The molecule has 0 spiro atoms. The summed E-state index contributed by atoms with van der Waals surface area (Å²) in [6.45, 7) is 0. The van der Waals surface area contributed by atoms with Gasteiger partial charge in [-0.05, 0) is 11.6 Å². The Hall–Kier alpha value is -1.20. The highest BCUT2D eigenvalue weighted by Crippen LogP contribution is 2.21. The number of aromatic carboxylic acids is 1. The molecule has 1 rings (SSSR count). The summed E-state index contributed by atoms with van der Waals surface area (Å²) in [6.07, 6.45) is -2.77. The molecule has 0 amide bonds. The molecule has 0 aliphatic rings. The maximum Gasteiger partial charge on any atom is 0.336 e. The fraction of sp³-hybridized carbons (Fsp3) is 0.222. The second-order valence-corrected chi connectivity index (χ2v) is 2.75. The first-order chi connectivity index (χ1) is 6.54. The van der Waals surface area contributed by atoms with Gasteiger partial charge in [-0.25, -0.2) is 13.6 Å². The van der Waals surface area contributed by atoms with Crippen LogP contribution in [0.2, 0.25) is 0 Å². The first-order valence-corrected chi connectivity index (χ1v) is 3.90. The maximum atomic E-state index is 12.2. The predicted molar refractivity (Wildman–Crippen MR) is 53.6 cm³/mol. The highest BCUT2D eigenvalue weighted by atomic mass is 35.5. The van der Waals surface area contributed by atoms with Crippen molar-refractivity contribution in [1.82, 2.24) is 0 Å². The van der Waals surface area contributed by atoms with Crippen molar-refractivity contribution in [3.05, 3.63) is 35.4 Å². The van der Waals surface area contributed by atoms with Gasteiger partial charge >= 0.3 is 5.97 Å². The van der Waals surface area contributed by atoms with E-state index in [4.69, 9.17) is 10.8 Å². The Kier molecular flexibility index (Phi) is 5.18. The molecule has 0 aliphatic carbocycles.